The maximum absolute atomic E-state index is 10.3. The van der Waals surface area contributed by atoms with E-state index in [1.807, 2.05) is 35.2 Å². The van der Waals surface area contributed by atoms with Crippen LogP contribution in [-0.4, -0.2) is 61.8 Å². The lowest BCUT2D eigenvalue weighted by molar-refractivity contribution is -0.0811. The van der Waals surface area contributed by atoms with Gasteiger partial charge in [-0.15, -0.1) is 0 Å². The standard InChI is InChI=1S/C20H25N5O4/c1-27-18-16(15(21)8-9-22-14-6-4-3-5-7-14)23-20(24-17(18)19(26)28-2)25-10-12-29-13-11-25/h3-9,19,26H,10-13,21H2,1-2H3. The second-order valence-electron chi connectivity index (χ2n) is 6.21. The number of allylic oxidation sites excluding steroid dienone is 1. The fourth-order valence-corrected chi connectivity index (χ4v) is 2.83. The molecule has 0 spiro atoms. The summed E-state index contributed by atoms with van der Waals surface area (Å²) in [6.45, 7) is 2.41. The normalized spacial score (nSPS) is 16.2. The first-order valence-corrected chi connectivity index (χ1v) is 9.18. The molecule has 0 bridgehead atoms. The van der Waals surface area contributed by atoms with Crippen molar-refractivity contribution in [3.8, 4) is 5.75 Å². The van der Waals surface area contributed by atoms with Crippen molar-refractivity contribution in [3.63, 3.8) is 0 Å². The van der Waals surface area contributed by atoms with Crippen LogP contribution in [0.4, 0.5) is 11.6 Å². The topological polar surface area (TPSA) is 115 Å². The molecule has 1 saturated heterocycles. The van der Waals surface area contributed by atoms with E-state index in [2.05, 4.69) is 15.0 Å². The third-order valence-corrected chi connectivity index (χ3v) is 4.34. The Kier molecular flexibility index (Phi) is 7.12. The third kappa shape index (κ3) is 5.08. The van der Waals surface area contributed by atoms with Crippen LogP contribution in [0.2, 0.25) is 0 Å². The van der Waals surface area contributed by atoms with Gasteiger partial charge in [0.05, 0.1) is 31.7 Å². The molecule has 1 aromatic carbocycles. The van der Waals surface area contributed by atoms with Gasteiger partial charge in [0.15, 0.2) is 5.75 Å². The number of aliphatic imine (C=N–C) groups is 1. The lowest BCUT2D eigenvalue weighted by Gasteiger charge is -2.28. The van der Waals surface area contributed by atoms with Gasteiger partial charge < -0.3 is 30.0 Å². The van der Waals surface area contributed by atoms with E-state index >= 15 is 0 Å². The largest absolute Gasteiger partial charge is 0.492 e. The van der Waals surface area contributed by atoms with Crippen LogP contribution < -0.4 is 15.4 Å². The summed E-state index contributed by atoms with van der Waals surface area (Å²) in [4.78, 5) is 15.3. The number of aromatic nitrogens is 2. The first kappa shape index (κ1) is 20.7. The van der Waals surface area contributed by atoms with Crippen LogP contribution in [0, 0.1) is 0 Å². The Bertz CT molecular complexity index is 867. The number of nitrogens with two attached hydrogens (primary N) is 1. The van der Waals surface area contributed by atoms with E-state index in [0.29, 0.717) is 43.6 Å². The number of ether oxygens (including phenoxy) is 3. The van der Waals surface area contributed by atoms with Crippen molar-refractivity contribution < 1.29 is 19.3 Å². The second kappa shape index (κ2) is 9.97. The molecule has 29 heavy (non-hydrogen) atoms. The number of rotatable bonds is 7. The van der Waals surface area contributed by atoms with Gasteiger partial charge in [0.25, 0.3) is 0 Å². The van der Waals surface area contributed by atoms with Gasteiger partial charge in [0, 0.05) is 26.4 Å². The van der Waals surface area contributed by atoms with Crippen molar-refractivity contribution in [2.24, 2.45) is 10.7 Å². The second-order valence-corrected chi connectivity index (χ2v) is 6.21. The molecule has 0 saturated carbocycles. The van der Waals surface area contributed by atoms with Crippen molar-refractivity contribution in [2.75, 3.05) is 45.4 Å². The predicted molar refractivity (Wildman–Crippen MR) is 110 cm³/mol. The third-order valence-electron chi connectivity index (χ3n) is 4.34. The van der Waals surface area contributed by atoms with Gasteiger partial charge in [-0.25, -0.2) is 9.97 Å². The Morgan fingerprint density at radius 3 is 2.62 bits per heavy atom. The molecular formula is C20H25N5O4. The highest BCUT2D eigenvalue weighted by molar-refractivity contribution is 5.85. The van der Waals surface area contributed by atoms with Crippen LogP contribution in [-0.2, 0) is 9.47 Å². The number of hydrogen-bond acceptors (Lipinski definition) is 9. The van der Waals surface area contributed by atoms with Crippen LogP contribution in [0.1, 0.15) is 17.7 Å². The molecule has 154 valence electrons. The Labute approximate surface area is 169 Å². The van der Waals surface area contributed by atoms with Gasteiger partial charge in [-0.1, -0.05) is 18.2 Å². The predicted octanol–water partition coefficient (Wildman–Crippen LogP) is 1.66. The maximum Gasteiger partial charge on any atom is 0.226 e. The molecule has 1 atom stereocenters. The number of anilines is 1. The molecule has 3 N–H and O–H groups in total. The van der Waals surface area contributed by atoms with Crippen LogP contribution in [0.15, 0.2) is 41.4 Å². The first-order chi connectivity index (χ1) is 14.1. The summed E-state index contributed by atoms with van der Waals surface area (Å²) in [6, 6.07) is 9.50. The number of aliphatic hydroxyl groups excluding tert-OH is 1. The Morgan fingerprint density at radius 1 is 1.24 bits per heavy atom. The van der Waals surface area contributed by atoms with Gasteiger partial charge in [0.2, 0.25) is 12.2 Å². The van der Waals surface area contributed by atoms with E-state index in [1.165, 1.54) is 14.2 Å². The van der Waals surface area contributed by atoms with E-state index in [1.54, 1.807) is 12.3 Å². The Hall–Kier alpha value is -3.01. The monoisotopic (exact) mass is 399 g/mol. The number of benzene rings is 1. The van der Waals surface area contributed by atoms with Crippen molar-refractivity contribution in [2.45, 2.75) is 6.29 Å². The van der Waals surface area contributed by atoms with Crippen molar-refractivity contribution in [1.82, 2.24) is 9.97 Å². The number of morpholine rings is 1. The zero-order chi connectivity index (χ0) is 20.6. The molecule has 2 aromatic rings. The average Bonchev–Trinajstić information content (AvgIpc) is 2.78. The number of methoxy groups -OCH3 is 2. The van der Waals surface area contributed by atoms with E-state index < -0.39 is 6.29 Å². The minimum Gasteiger partial charge on any atom is -0.492 e. The van der Waals surface area contributed by atoms with Gasteiger partial charge in [-0.05, 0) is 18.2 Å². The van der Waals surface area contributed by atoms with E-state index in [0.717, 1.165) is 5.69 Å². The summed E-state index contributed by atoms with van der Waals surface area (Å²) in [6.07, 6.45) is 1.94. The number of aliphatic hydroxyl groups is 1. The molecule has 1 unspecified atom stereocenters. The van der Waals surface area contributed by atoms with Crippen LogP contribution in [0.3, 0.4) is 0 Å². The summed E-state index contributed by atoms with van der Waals surface area (Å²) < 4.78 is 15.9. The minimum atomic E-state index is -1.28. The van der Waals surface area contributed by atoms with Gasteiger partial charge >= 0.3 is 0 Å². The van der Waals surface area contributed by atoms with Crippen LogP contribution >= 0.6 is 0 Å². The quantitative estimate of drug-likeness (QED) is 0.534. The lowest BCUT2D eigenvalue weighted by Crippen LogP contribution is -2.37. The molecule has 2 heterocycles. The van der Waals surface area contributed by atoms with Gasteiger partial charge in [-0.3, -0.25) is 4.99 Å². The highest BCUT2D eigenvalue weighted by atomic mass is 16.6. The molecule has 9 heteroatoms. The summed E-state index contributed by atoms with van der Waals surface area (Å²) in [5.41, 5.74) is 7.96. The molecule has 1 aliphatic heterocycles. The van der Waals surface area contributed by atoms with Crippen molar-refractivity contribution in [3.05, 3.63) is 47.8 Å². The molecule has 0 radical (unpaired) electrons. The highest BCUT2D eigenvalue weighted by Crippen LogP contribution is 2.32. The smallest absolute Gasteiger partial charge is 0.226 e. The molecule has 9 nitrogen and oxygen atoms in total. The molecule has 1 aromatic heterocycles. The molecule has 1 aliphatic rings. The van der Waals surface area contributed by atoms with Crippen molar-refractivity contribution in [1.29, 1.82) is 0 Å². The number of para-hydroxylation sites is 1. The molecule has 0 aliphatic carbocycles. The summed E-state index contributed by atoms with van der Waals surface area (Å²) in [5.74, 6) is 0.671. The average molecular weight is 399 g/mol. The van der Waals surface area contributed by atoms with E-state index in [4.69, 9.17) is 19.9 Å². The zero-order valence-corrected chi connectivity index (χ0v) is 16.5. The fourth-order valence-electron chi connectivity index (χ4n) is 2.83. The lowest BCUT2D eigenvalue weighted by atomic mass is 10.2. The van der Waals surface area contributed by atoms with Crippen molar-refractivity contribution >= 4 is 23.5 Å². The van der Waals surface area contributed by atoms with E-state index in [9.17, 15) is 5.11 Å². The van der Waals surface area contributed by atoms with Crippen LogP contribution in [0.25, 0.3) is 5.70 Å². The van der Waals surface area contributed by atoms with E-state index in [-0.39, 0.29) is 11.4 Å². The zero-order valence-electron chi connectivity index (χ0n) is 16.5. The molecule has 1 fully saturated rings. The summed E-state index contributed by atoms with van der Waals surface area (Å²) in [5, 5.41) is 10.3. The Morgan fingerprint density at radius 2 is 1.97 bits per heavy atom. The first-order valence-electron chi connectivity index (χ1n) is 9.18. The van der Waals surface area contributed by atoms with Gasteiger partial charge in [-0.2, -0.15) is 0 Å². The number of hydrogen-bond donors (Lipinski definition) is 2. The molecular weight excluding hydrogens is 374 g/mol. The molecule has 0 amide bonds. The van der Waals surface area contributed by atoms with Crippen LogP contribution in [0.5, 0.6) is 5.75 Å². The molecule has 3 rings (SSSR count). The number of nitrogens with zero attached hydrogens (tertiary/aromatic N) is 4. The SMILES string of the molecule is COc1c(C(N)=CC=Nc2ccccc2)nc(N2CCOCC2)nc1C(O)OC. The highest BCUT2D eigenvalue weighted by Gasteiger charge is 2.25. The Balaban J connectivity index is 2.00. The minimum absolute atomic E-state index is 0.206. The van der Waals surface area contributed by atoms with Gasteiger partial charge in [0.1, 0.15) is 11.4 Å². The fraction of sp³-hybridized carbons (Fsp3) is 0.350. The maximum atomic E-state index is 10.3. The summed E-state index contributed by atoms with van der Waals surface area (Å²) >= 11 is 0. The summed E-state index contributed by atoms with van der Waals surface area (Å²) in [7, 11) is 2.85.